The molecule has 0 atom stereocenters. The van der Waals surface area contributed by atoms with Gasteiger partial charge in [-0.15, -0.1) is 0 Å². The van der Waals surface area contributed by atoms with Crippen LogP contribution in [0.2, 0.25) is 0 Å². The number of imidazole rings is 1. The van der Waals surface area contributed by atoms with Gasteiger partial charge in [0.1, 0.15) is 18.0 Å². The fourth-order valence-corrected chi connectivity index (χ4v) is 2.55. The van der Waals surface area contributed by atoms with Gasteiger partial charge in [0.2, 0.25) is 0 Å². The molecule has 1 aromatic carbocycles. The number of rotatable bonds is 1. The van der Waals surface area contributed by atoms with Crippen molar-refractivity contribution in [3.05, 3.63) is 53.9 Å². The number of hydrogen-bond acceptors (Lipinski definition) is 3. The molecular weight excluding hydrogens is 238 g/mol. The first-order valence-corrected chi connectivity index (χ1v) is 6.29. The van der Waals surface area contributed by atoms with Crippen molar-refractivity contribution in [2.24, 2.45) is 5.73 Å². The van der Waals surface area contributed by atoms with Crippen LogP contribution < -0.4 is 10.5 Å². The van der Waals surface area contributed by atoms with E-state index < -0.39 is 0 Å². The van der Waals surface area contributed by atoms with Crippen LogP contribution in [-0.2, 0) is 13.2 Å². The van der Waals surface area contributed by atoms with Gasteiger partial charge in [-0.1, -0.05) is 18.2 Å². The number of hydrogen-bond donors (Lipinski definition) is 1. The third-order valence-electron chi connectivity index (χ3n) is 3.52. The minimum absolute atomic E-state index is 0.528. The van der Waals surface area contributed by atoms with E-state index in [1.54, 1.807) is 0 Å². The second-order valence-corrected chi connectivity index (χ2v) is 4.66. The zero-order valence-electron chi connectivity index (χ0n) is 10.3. The smallest absolute Gasteiger partial charge is 0.137 e. The van der Waals surface area contributed by atoms with Crippen molar-refractivity contribution in [2.45, 2.75) is 13.2 Å². The Morgan fingerprint density at radius 3 is 3.00 bits per heavy atom. The van der Waals surface area contributed by atoms with Crippen molar-refractivity contribution in [1.29, 1.82) is 0 Å². The molecule has 4 rings (SSSR count). The Balaban J connectivity index is 2.02. The average Bonchev–Trinajstić information content (AvgIpc) is 2.85. The van der Waals surface area contributed by atoms with Crippen LogP contribution in [0.15, 0.2) is 42.6 Å². The lowest BCUT2D eigenvalue weighted by atomic mass is 10.1. The van der Waals surface area contributed by atoms with Crippen molar-refractivity contribution >= 4 is 5.65 Å². The summed E-state index contributed by atoms with van der Waals surface area (Å²) in [6.45, 7) is 1.07. The van der Waals surface area contributed by atoms with Crippen LogP contribution in [0, 0.1) is 0 Å². The molecule has 1 aliphatic rings. The molecule has 4 heteroatoms. The quantitative estimate of drug-likeness (QED) is 0.722. The van der Waals surface area contributed by atoms with Crippen LogP contribution in [0.5, 0.6) is 5.75 Å². The SMILES string of the molecule is NCc1ccc2nc3c(n2c1)COc1ccccc1-3. The molecule has 0 amide bonds. The zero-order chi connectivity index (χ0) is 12.8. The molecule has 2 N–H and O–H groups in total. The number of benzene rings is 1. The van der Waals surface area contributed by atoms with E-state index in [0.29, 0.717) is 13.2 Å². The number of para-hydroxylation sites is 1. The van der Waals surface area contributed by atoms with Gasteiger partial charge in [-0.05, 0) is 23.8 Å². The Hall–Kier alpha value is -2.33. The fraction of sp³-hybridized carbons (Fsp3) is 0.133. The van der Waals surface area contributed by atoms with Crippen LogP contribution in [-0.4, -0.2) is 9.38 Å². The highest BCUT2D eigenvalue weighted by Crippen LogP contribution is 2.36. The van der Waals surface area contributed by atoms with E-state index in [9.17, 15) is 0 Å². The lowest BCUT2D eigenvalue weighted by molar-refractivity contribution is 0.296. The first kappa shape index (κ1) is 10.6. The van der Waals surface area contributed by atoms with Crippen LogP contribution >= 0.6 is 0 Å². The van der Waals surface area contributed by atoms with Crippen molar-refractivity contribution in [1.82, 2.24) is 9.38 Å². The van der Waals surface area contributed by atoms with Gasteiger partial charge in [0.05, 0.1) is 11.4 Å². The highest BCUT2D eigenvalue weighted by atomic mass is 16.5. The zero-order valence-corrected chi connectivity index (χ0v) is 10.3. The molecule has 0 saturated heterocycles. The van der Waals surface area contributed by atoms with Gasteiger partial charge in [0.25, 0.3) is 0 Å². The van der Waals surface area contributed by atoms with Crippen molar-refractivity contribution in [2.75, 3.05) is 0 Å². The molecule has 0 fully saturated rings. The average molecular weight is 251 g/mol. The third-order valence-corrected chi connectivity index (χ3v) is 3.52. The van der Waals surface area contributed by atoms with Gasteiger partial charge in [0.15, 0.2) is 0 Å². The van der Waals surface area contributed by atoms with E-state index in [0.717, 1.165) is 33.9 Å². The van der Waals surface area contributed by atoms with Gasteiger partial charge in [-0.3, -0.25) is 4.40 Å². The van der Waals surface area contributed by atoms with E-state index in [1.807, 2.05) is 42.6 Å². The van der Waals surface area contributed by atoms with Crippen LogP contribution in [0.3, 0.4) is 0 Å². The maximum absolute atomic E-state index is 5.80. The molecule has 0 spiro atoms. The number of nitrogens with two attached hydrogens (primary N) is 1. The summed E-state index contributed by atoms with van der Waals surface area (Å²) in [5, 5.41) is 0. The normalized spacial score (nSPS) is 12.9. The molecule has 3 aromatic rings. The lowest BCUT2D eigenvalue weighted by Gasteiger charge is -2.16. The first-order chi connectivity index (χ1) is 9.36. The Morgan fingerprint density at radius 2 is 2.11 bits per heavy atom. The highest BCUT2D eigenvalue weighted by molar-refractivity contribution is 5.73. The minimum atomic E-state index is 0.528. The van der Waals surface area contributed by atoms with Crippen LogP contribution in [0.1, 0.15) is 11.3 Å². The maximum Gasteiger partial charge on any atom is 0.137 e. The summed E-state index contributed by atoms with van der Waals surface area (Å²) < 4.78 is 7.87. The van der Waals surface area contributed by atoms with E-state index in [-0.39, 0.29) is 0 Å². The molecule has 94 valence electrons. The minimum Gasteiger partial charge on any atom is -0.487 e. The van der Waals surface area contributed by atoms with E-state index in [2.05, 4.69) is 4.40 Å². The van der Waals surface area contributed by atoms with Gasteiger partial charge in [-0.2, -0.15) is 0 Å². The maximum atomic E-state index is 5.80. The molecule has 0 radical (unpaired) electrons. The Bertz CT molecular complexity index is 776. The number of nitrogens with zero attached hydrogens (tertiary/aromatic N) is 2. The monoisotopic (exact) mass is 251 g/mol. The molecule has 1 aliphatic heterocycles. The van der Waals surface area contributed by atoms with Crippen LogP contribution in [0.4, 0.5) is 0 Å². The number of ether oxygens (including phenoxy) is 1. The fourth-order valence-electron chi connectivity index (χ4n) is 2.55. The van der Waals surface area contributed by atoms with Gasteiger partial charge < -0.3 is 10.5 Å². The van der Waals surface area contributed by atoms with Crippen LogP contribution in [0.25, 0.3) is 16.9 Å². The third kappa shape index (κ3) is 1.47. The molecule has 19 heavy (non-hydrogen) atoms. The predicted molar refractivity (Wildman–Crippen MR) is 72.9 cm³/mol. The highest BCUT2D eigenvalue weighted by Gasteiger charge is 2.22. The van der Waals surface area contributed by atoms with E-state index in [4.69, 9.17) is 15.5 Å². The summed E-state index contributed by atoms with van der Waals surface area (Å²) >= 11 is 0. The van der Waals surface area contributed by atoms with Gasteiger partial charge in [-0.25, -0.2) is 4.98 Å². The number of fused-ring (bicyclic) bond motifs is 5. The van der Waals surface area contributed by atoms with Gasteiger partial charge >= 0.3 is 0 Å². The largest absolute Gasteiger partial charge is 0.487 e. The summed E-state index contributed by atoms with van der Waals surface area (Å²) in [7, 11) is 0. The van der Waals surface area contributed by atoms with Gasteiger partial charge in [0, 0.05) is 18.3 Å². The standard InChI is InChI=1S/C15H13N3O/c16-7-10-5-6-14-17-15-11-3-1-2-4-13(11)19-9-12(15)18(14)8-10/h1-6,8H,7,9,16H2. The summed E-state index contributed by atoms with van der Waals surface area (Å²) in [5.41, 5.74) is 10.9. The second-order valence-electron chi connectivity index (χ2n) is 4.66. The lowest BCUT2D eigenvalue weighted by Crippen LogP contribution is -2.07. The summed E-state index contributed by atoms with van der Waals surface area (Å²) in [5.74, 6) is 0.900. The van der Waals surface area contributed by atoms with Crippen molar-refractivity contribution in [3.63, 3.8) is 0 Å². The molecule has 2 aromatic heterocycles. The molecule has 0 bridgehead atoms. The van der Waals surface area contributed by atoms with E-state index in [1.165, 1.54) is 0 Å². The summed E-state index contributed by atoms with van der Waals surface area (Å²) in [6.07, 6.45) is 2.04. The van der Waals surface area contributed by atoms with Crippen molar-refractivity contribution in [3.8, 4) is 17.0 Å². The summed E-state index contributed by atoms with van der Waals surface area (Å²) in [6, 6.07) is 12.0. The Labute approximate surface area is 110 Å². The topological polar surface area (TPSA) is 52.5 Å². The Kier molecular flexibility index (Phi) is 2.13. The predicted octanol–water partition coefficient (Wildman–Crippen LogP) is 2.35. The molecule has 0 unspecified atom stereocenters. The molecular formula is C15H13N3O. The second kappa shape index (κ2) is 3.83. The molecule has 0 aliphatic carbocycles. The number of pyridine rings is 1. The first-order valence-electron chi connectivity index (χ1n) is 6.29. The number of aromatic nitrogens is 2. The van der Waals surface area contributed by atoms with Crippen molar-refractivity contribution < 1.29 is 4.74 Å². The molecule has 4 nitrogen and oxygen atoms in total. The summed E-state index contributed by atoms with van der Waals surface area (Å²) in [4.78, 5) is 4.71. The molecule has 3 heterocycles. The Morgan fingerprint density at radius 1 is 1.21 bits per heavy atom. The van der Waals surface area contributed by atoms with E-state index >= 15 is 0 Å². The molecule has 0 saturated carbocycles.